The number of thiazole rings is 1. The molecule has 1 aliphatic carbocycles. The monoisotopic (exact) mass is 402 g/mol. The summed E-state index contributed by atoms with van der Waals surface area (Å²) in [4.78, 5) is 28.0. The lowest BCUT2D eigenvalue weighted by atomic mass is 9.99. The van der Waals surface area contributed by atoms with Gasteiger partial charge in [0, 0.05) is 66.5 Å². The number of benzene rings is 1. The number of ketones is 1. The summed E-state index contributed by atoms with van der Waals surface area (Å²) in [5.41, 5.74) is 8.28. The lowest BCUT2D eigenvalue weighted by Crippen LogP contribution is -2.44. The molecule has 0 bridgehead atoms. The van der Waals surface area contributed by atoms with Crippen molar-refractivity contribution in [3.8, 4) is 0 Å². The lowest BCUT2D eigenvalue weighted by Gasteiger charge is -2.34. The fraction of sp³-hybridized carbons (Fsp3) is 0.261. The van der Waals surface area contributed by atoms with Crippen molar-refractivity contribution in [3.63, 3.8) is 0 Å². The van der Waals surface area contributed by atoms with Crippen molar-refractivity contribution in [3.05, 3.63) is 75.5 Å². The predicted molar refractivity (Wildman–Crippen MR) is 117 cm³/mol. The Morgan fingerprint density at radius 1 is 1.03 bits per heavy atom. The number of fused-ring (bicyclic) bond motifs is 1. The first-order valence-electron chi connectivity index (χ1n) is 9.81. The van der Waals surface area contributed by atoms with Crippen molar-refractivity contribution in [2.75, 3.05) is 38.1 Å². The number of allylic oxidation sites excluding steroid dienone is 1. The largest absolute Gasteiger partial charge is 0.369 e. The Morgan fingerprint density at radius 3 is 2.55 bits per heavy atom. The highest BCUT2D eigenvalue weighted by Crippen LogP contribution is 2.45. The molecule has 1 aromatic carbocycles. The van der Waals surface area contributed by atoms with Gasteiger partial charge in [0.05, 0.1) is 16.1 Å². The Morgan fingerprint density at radius 2 is 1.86 bits per heavy atom. The summed E-state index contributed by atoms with van der Waals surface area (Å²) in [7, 11) is 2.15. The number of pyridine rings is 1. The van der Waals surface area contributed by atoms with E-state index in [1.54, 1.807) is 23.7 Å². The fourth-order valence-corrected chi connectivity index (χ4v) is 5.02. The average molecular weight is 403 g/mol. The zero-order chi connectivity index (χ0) is 20.0. The molecule has 2 aliphatic rings. The third kappa shape index (κ3) is 3.09. The maximum absolute atomic E-state index is 13.6. The number of carbonyl (C=O) groups excluding carboxylic acids is 1. The molecular weight excluding hydrogens is 380 g/mol. The van der Waals surface area contributed by atoms with Gasteiger partial charge in [-0.3, -0.25) is 9.78 Å². The van der Waals surface area contributed by atoms with Crippen LogP contribution in [0.4, 0.5) is 5.69 Å². The van der Waals surface area contributed by atoms with Crippen LogP contribution in [0.15, 0.2) is 48.2 Å². The van der Waals surface area contributed by atoms with Gasteiger partial charge >= 0.3 is 0 Å². The highest BCUT2D eigenvalue weighted by molar-refractivity contribution is 7.11. The molecule has 1 saturated heterocycles. The summed E-state index contributed by atoms with van der Waals surface area (Å²) >= 11 is 1.59. The van der Waals surface area contributed by atoms with Crippen molar-refractivity contribution in [2.45, 2.75) is 6.92 Å². The molecule has 3 aromatic rings. The highest BCUT2D eigenvalue weighted by atomic mass is 32.1. The van der Waals surface area contributed by atoms with Gasteiger partial charge in [-0.15, -0.1) is 11.3 Å². The molecule has 0 atom stereocenters. The fourth-order valence-electron chi connectivity index (χ4n) is 4.15. The molecule has 0 spiro atoms. The standard InChI is InChI=1S/C23H22N4OS/c1-15-23(29-14-25-15)21-18-6-5-17(27-10-8-26(2)9-11-27)12-19(18)22(28)20(21)16-4-3-7-24-13-16/h3-7,12-14H,8-11H2,1-2H3. The first-order valence-corrected chi connectivity index (χ1v) is 10.7. The van der Waals surface area contributed by atoms with Crippen molar-refractivity contribution in [1.29, 1.82) is 0 Å². The minimum Gasteiger partial charge on any atom is -0.369 e. The van der Waals surface area contributed by atoms with Crippen LogP contribution in [0.2, 0.25) is 0 Å². The summed E-state index contributed by atoms with van der Waals surface area (Å²) in [5, 5.41) is 0. The van der Waals surface area contributed by atoms with E-state index in [1.165, 1.54) is 0 Å². The van der Waals surface area contributed by atoms with Gasteiger partial charge in [0.2, 0.25) is 0 Å². The number of likely N-dealkylation sites (N-methyl/N-ethyl adjacent to an activating group) is 1. The van der Waals surface area contributed by atoms with Crippen LogP contribution >= 0.6 is 11.3 Å². The van der Waals surface area contributed by atoms with Crippen LogP contribution in [0.1, 0.15) is 32.1 Å². The van der Waals surface area contributed by atoms with Crippen LogP contribution in [0.25, 0.3) is 11.1 Å². The van der Waals surface area contributed by atoms with Crippen LogP contribution in [-0.2, 0) is 0 Å². The van der Waals surface area contributed by atoms with E-state index in [4.69, 9.17) is 0 Å². The second-order valence-corrected chi connectivity index (χ2v) is 8.46. The first kappa shape index (κ1) is 18.2. The molecule has 1 aliphatic heterocycles. The van der Waals surface area contributed by atoms with Crippen LogP contribution in [0.3, 0.4) is 0 Å². The molecule has 6 heteroatoms. The highest BCUT2D eigenvalue weighted by Gasteiger charge is 2.33. The molecule has 146 valence electrons. The number of aromatic nitrogens is 2. The van der Waals surface area contributed by atoms with Gasteiger partial charge in [-0.2, -0.15) is 0 Å². The van der Waals surface area contributed by atoms with Crippen molar-refractivity contribution < 1.29 is 4.79 Å². The van der Waals surface area contributed by atoms with Gasteiger partial charge in [-0.1, -0.05) is 12.1 Å². The van der Waals surface area contributed by atoms with E-state index in [9.17, 15) is 4.79 Å². The maximum Gasteiger partial charge on any atom is 0.195 e. The number of anilines is 1. The maximum atomic E-state index is 13.6. The Hall–Kier alpha value is -2.83. The van der Waals surface area contributed by atoms with E-state index in [0.29, 0.717) is 0 Å². The summed E-state index contributed by atoms with van der Waals surface area (Å²) in [5.74, 6) is 0.0757. The molecule has 0 saturated carbocycles. The van der Waals surface area contributed by atoms with Gasteiger partial charge in [0.1, 0.15) is 0 Å². The number of nitrogens with zero attached hydrogens (tertiary/aromatic N) is 4. The third-order valence-corrected chi connectivity index (χ3v) is 6.73. The summed E-state index contributed by atoms with van der Waals surface area (Å²) in [6.45, 7) is 6.03. The number of Topliss-reactive ketones (excluding diaryl/α,β-unsaturated/α-hetero) is 1. The molecule has 5 rings (SSSR count). The smallest absolute Gasteiger partial charge is 0.195 e. The van der Waals surface area contributed by atoms with Gasteiger partial charge in [-0.05, 0) is 37.7 Å². The van der Waals surface area contributed by atoms with Gasteiger partial charge in [-0.25, -0.2) is 4.98 Å². The quantitative estimate of drug-likeness (QED) is 0.668. The number of hydrogen-bond donors (Lipinski definition) is 0. The Balaban J connectivity index is 1.64. The lowest BCUT2D eigenvalue weighted by molar-refractivity contribution is 0.105. The molecule has 0 radical (unpaired) electrons. The van der Waals surface area contributed by atoms with Crippen LogP contribution in [0.5, 0.6) is 0 Å². The third-order valence-electron chi connectivity index (χ3n) is 5.79. The van der Waals surface area contributed by atoms with E-state index in [1.807, 2.05) is 24.6 Å². The van der Waals surface area contributed by atoms with Gasteiger partial charge in [0.25, 0.3) is 0 Å². The number of rotatable bonds is 3. The molecule has 0 unspecified atom stereocenters. The summed E-state index contributed by atoms with van der Waals surface area (Å²) in [6.07, 6.45) is 3.51. The van der Waals surface area contributed by atoms with Crippen molar-refractivity contribution >= 4 is 34.0 Å². The normalized spacial score (nSPS) is 17.2. The topological polar surface area (TPSA) is 49.3 Å². The van der Waals surface area contributed by atoms with Gasteiger partial charge < -0.3 is 9.80 Å². The molecular formula is C23H22N4OS. The van der Waals surface area contributed by atoms with Crippen molar-refractivity contribution in [2.24, 2.45) is 0 Å². The van der Waals surface area contributed by atoms with E-state index in [0.717, 1.165) is 70.3 Å². The SMILES string of the molecule is Cc1ncsc1C1=C(c2cccnc2)C(=O)c2cc(N3CCN(C)CC3)ccc21. The Labute approximate surface area is 174 Å². The minimum atomic E-state index is 0.0757. The van der Waals surface area contributed by atoms with Gasteiger partial charge in [0.15, 0.2) is 5.78 Å². The zero-order valence-electron chi connectivity index (χ0n) is 16.6. The molecule has 0 amide bonds. The van der Waals surface area contributed by atoms with E-state index in [2.05, 4.69) is 45.0 Å². The predicted octanol–water partition coefficient (Wildman–Crippen LogP) is 3.75. The molecule has 2 aromatic heterocycles. The van der Waals surface area contributed by atoms with E-state index >= 15 is 0 Å². The molecule has 3 heterocycles. The number of piperazine rings is 1. The van der Waals surface area contributed by atoms with E-state index in [-0.39, 0.29) is 5.78 Å². The number of hydrogen-bond acceptors (Lipinski definition) is 6. The Kier molecular flexibility index (Phi) is 4.53. The van der Waals surface area contributed by atoms with Crippen molar-refractivity contribution in [1.82, 2.24) is 14.9 Å². The molecule has 1 fully saturated rings. The number of carbonyl (C=O) groups is 1. The average Bonchev–Trinajstić information content (AvgIpc) is 3.29. The first-order chi connectivity index (χ1) is 14.1. The second-order valence-electron chi connectivity index (χ2n) is 7.61. The molecule has 29 heavy (non-hydrogen) atoms. The summed E-state index contributed by atoms with van der Waals surface area (Å²) < 4.78 is 0. The van der Waals surface area contributed by atoms with Crippen LogP contribution in [0, 0.1) is 6.92 Å². The van der Waals surface area contributed by atoms with Crippen LogP contribution < -0.4 is 4.90 Å². The summed E-state index contributed by atoms with van der Waals surface area (Å²) in [6, 6.07) is 10.2. The van der Waals surface area contributed by atoms with E-state index < -0.39 is 0 Å². The molecule has 0 N–H and O–H groups in total. The zero-order valence-corrected chi connectivity index (χ0v) is 17.4. The minimum absolute atomic E-state index is 0.0757. The Bertz CT molecular complexity index is 1110. The second kappa shape index (κ2) is 7.21. The number of aryl methyl sites for hydroxylation is 1. The molecule has 5 nitrogen and oxygen atoms in total. The van der Waals surface area contributed by atoms with Crippen LogP contribution in [-0.4, -0.2) is 53.9 Å².